The van der Waals surface area contributed by atoms with Gasteiger partial charge in [0.2, 0.25) is 6.10 Å². The van der Waals surface area contributed by atoms with Crippen molar-refractivity contribution in [2.24, 2.45) is 4.40 Å². The highest BCUT2D eigenvalue weighted by atomic mass is 32.2. The fourth-order valence-electron chi connectivity index (χ4n) is 1.58. The molecule has 0 aromatic heterocycles. The van der Waals surface area contributed by atoms with Crippen LogP contribution in [0.5, 0.6) is 0 Å². The number of sulfonamides is 1. The smallest absolute Gasteiger partial charge is 0.285 e. The van der Waals surface area contributed by atoms with Crippen LogP contribution in [0.15, 0.2) is 33.6 Å². The molecular weight excluding hydrogens is 294 g/mol. The topological polar surface area (TPSA) is 89.9 Å². The Morgan fingerprint density at radius 2 is 1.52 bits per heavy atom. The first-order chi connectivity index (χ1) is 9.63. The normalized spacial score (nSPS) is 12.3. The van der Waals surface area contributed by atoms with Crippen molar-refractivity contribution in [2.75, 3.05) is 0 Å². The molecular formula is C14H17NO5S. The molecule has 0 N–H and O–H groups in total. The van der Waals surface area contributed by atoms with Crippen LogP contribution in [0.2, 0.25) is 0 Å². The summed E-state index contributed by atoms with van der Waals surface area (Å²) in [5, 5.41) is 0. The average Bonchev–Trinajstić information content (AvgIpc) is 2.35. The van der Waals surface area contributed by atoms with E-state index >= 15 is 0 Å². The van der Waals surface area contributed by atoms with Crippen LogP contribution in [-0.4, -0.2) is 32.0 Å². The van der Waals surface area contributed by atoms with E-state index in [1.807, 2.05) is 6.92 Å². The molecule has 0 radical (unpaired) electrons. The molecule has 0 heterocycles. The monoisotopic (exact) mass is 311 g/mol. The van der Waals surface area contributed by atoms with Gasteiger partial charge in [0.25, 0.3) is 10.0 Å². The van der Waals surface area contributed by atoms with E-state index in [1.165, 1.54) is 32.9 Å². The molecule has 114 valence electrons. The van der Waals surface area contributed by atoms with Gasteiger partial charge in [-0.15, -0.1) is 4.40 Å². The Bertz CT molecular complexity index is 660. The molecule has 0 saturated carbocycles. The zero-order valence-electron chi connectivity index (χ0n) is 12.3. The SMILES string of the molecule is CC(=O)C(O/C(C)=N/S(=O)(=O)c1ccc(C)cc1)C(C)=O. The van der Waals surface area contributed by atoms with Crippen LogP contribution >= 0.6 is 0 Å². The van der Waals surface area contributed by atoms with Crippen molar-refractivity contribution in [1.29, 1.82) is 0 Å². The molecule has 0 aliphatic carbocycles. The maximum Gasteiger partial charge on any atom is 0.285 e. The number of rotatable bonds is 5. The van der Waals surface area contributed by atoms with Gasteiger partial charge in [-0.05, 0) is 32.9 Å². The summed E-state index contributed by atoms with van der Waals surface area (Å²) in [7, 11) is -3.93. The maximum atomic E-state index is 12.0. The molecule has 0 bridgehead atoms. The molecule has 0 atom stereocenters. The third-order valence-corrected chi connectivity index (χ3v) is 3.96. The molecule has 1 rings (SSSR count). The number of ether oxygens (including phenoxy) is 1. The predicted molar refractivity (Wildman–Crippen MR) is 77.7 cm³/mol. The minimum absolute atomic E-state index is 0.0123. The van der Waals surface area contributed by atoms with E-state index in [1.54, 1.807) is 12.1 Å². The first kappa shape index (κ1) is 17.0. The van der Waals surface area contributed by atoms with Gasteiger partial charge in [-0.25, -0.2) is 0 Å². The molecule has 7 heteroatoms. The lowest BCUT2D eigenvalue weighted by Crippen LogP contribution is -2.31. The first-order valence-electron chi connectivity index (χ1n) is 6.19. The van der Waals surface area contributed by atoms with Crippen LogP contribution < -0.4 is 0 Å². The summed E-state index contributed by atoms with van der Waals surface area (Å²) < 4.78 is 32.6. The van der Waals surface area contributed by atoms with E-state index in [-0.39, 0.29) is 10.8 Å². The lowest BCUT2D eigenvalue weighted by Gasteiger charge is -2.12. The number of aryl methyl sites for hydroxylation is 1. The number of carbonyl (C=O) groups excluding carboxylic acids is 2. The summed E-state index contributed by atoms with van der Waals surface area (Å²) in [5.74, 6) is -1.28. The molecule has 0 aliphatic rings. The van der Waals surface area contributed by atoms with Crippen molar-refractivity contribution < 1.29 is 22.7 Å². The molecule has 0 unspecified atom stereocenters. The highest BCUT2D eigenvalue weighted by Gasteiger charge is 2.23. The average molecular weight is 311 g/mol. The maximum absolute atomic E-state index is 12.0. The van der Waals surface area contributed by atoms with Gasteiger partial charge in [0.15, 0.2) is 17.5 Å². The third kappa shape index (κ3) is 4.78. The van der Waals surface area contributed by atoms with Crippen molar-refractivity contribution in [1.82, 2.24) is 0 Å². The summed E-state index contributed by atoms with van der Waals surface area (Å²) in [5.41, 5.74) is 0.916. The van der Waals surface area contributed by atoms with Crippen LogP contribution in [-0.2, 0) is 24.3 Å². The summed E-state index contributed by atoms with van der Waals surface area (Å²) in [6.45, 7) is 5.49. The van der Waals surface area contributed by atoms with Gasteiger partial charge >= 0.3 is 0 Å². The van der Waals surface area contributed by atoms with Gasteiger partial charge in [0, 0.05) is 6.92 Å². The van der Waals surface area contributed by atoms with Crippen LogP contribution in [0.1, 0.15) is 26.3 Å². The van der Waals surface area contributed by atoms with Gasteiger partial charge < -0.3 is 4.74 Å². The molecule has 1 aromatic rings. The summed E-state index contributed by atoms with van der Waals surface area (Å²) in [6.07, 6.45) is -1.33. The Labute approximate surface area is 123 Å². The molecule has 1 aromatic carbocycles. The summed E-state index contributed by atoms with van der Waals surface area (Å²) in [6, 6.07) is 6.14. The van der Waals surface area contributed by atoms with Crippen LogP contribution in [0, 0.1) is 6.92 Å². The Balaban J connectivity index is 3.02. The van der Waals surface area contributed by atoms with Crippen molar-refractivity contribution in [3.05, 3.63) is 29.8 Å². The standard InChI is InChI=1S/C14H17NO5S/c1-9-5-7-13(8-6-9)21(18,19)15-12(4)20-14(10(2)16)11(3)17/h5-8,14H,1-4H3/b15-12+. The quantitative estimate of drug-likeness (QED) is 0.469. The Hall–Kier alpha value is -2.02. The number of hydrogen-bond acceptors (Lipinski definition) is 5. The van der Waals surface area contributed by atoms with Crippen LogP contribution in [0.3, 0.4) is 0 Å². The Morgan fingerprint density at radius 3 is 1.95 bits per heavy atom. The molecule has 6 nitrogen and oxygen atoms in total. The van der Waals surface area contributed by atoms with Gasteiger partial charge in [-0.2, -0.15) is 8.42 Å². The second-order valence-electron chi connectivity index (χ2n) is 4.62. The summed E-state index contributed by atoms with van der Waals surface area (Å²) >= 11 is 0. The molecule has 0 fully saturated rings. The van der Waals surface area contributed by atoms with Crippen LogP contribution in [0.25, 0.3) is 0 Å². The van der Waals surface area contributed by atoms with E-state index in [0.29, 0.717) is 0 Å². The van der Waals surface area contributed by atoms with E-state index in [2.05, 4.69) is 4.40 Å². The van der Waals surface area contributed by atoms with Crippen molar-refractivity contribution in [3.63, 3.8) is 0 Å². The van der Waals surface area contributed by atoms with Gasteiger partial charge in [-0.3, -0.25) is 9.59 Å². The van der Waals surface area contributed by atoms with Crippen LogP contribution in [0.4, 0.5) is 0 Å². The fourth-order valence-corrected chi connectivity index (χ4v) is 2.54. The Kier molecular flexibility index (Phi) is 5.37. The molecule has 21 heavy (non-hydrogen) atoms. The Morgan fingerprint density at radius 1 is 1.05 bits per heavy atom. The minimum atomic E-state index is -3.93. The van der Waals surface area contributed by atoms with Gasteiger partial charge in [-0.1, -0.05) is 17.7 Å². The number of hydrogen-bond donors (Lipinski definition) is 0. The minimum Gasteiger partial charge on any atom is -0.461 e. The van der Waals surface area contributed by atoms with E-state index in [9.17, 15) is 18.0 Å². The van der Waals surface area contributed by atoms with E-state index in [4.69, 9.17) is 4.74 Å². The molecule has 0 saturated heterocycles. The number of nitrogens with zero attached hydrogens (tertiary/aromatic N) is 1. The number of ketones is 2. The third-order valence-electron chi connectivity index (χ3n) is 2.59. The zero-order valence-corrected chi connectivity index (χ0v) is 13.1. The zero-order chi connectivity index (χ0) is 16.2. The number of carbonyl (C=O) groups is 2. The van der Waals surface area contributed by atoms with Gasteiger partial charge in [0.05, 0.1) is 4.90 Å². The number of Topliss-reactive ketones (excluding diaryl/α,β-unsaturated/α-hetero) is 2. The van der Waals surface area contributed by atoms with Crippen molar-refractivity contribution >= 4 is 27.5 Å². The van der Waals surface area contributed by atoms with E-state index < -0.39 is 27.7 Å². The predicted octanol–water partition coefficient (Wildman–Crippen LogP) is 1.67. The van der Waals surface area contributed by atoms with Gasteiger partial charge in [0.1, 0.15) is 0 Å². The highest BCUT2D eigenvalue weighted by molar-refractivity contribution is 7.90. The fraction of sp³-hybridized carbons (Fsp3) is 0.357. The largest absolute Gasteiger partial charge is 0.461 e. The molecule has 0 amide bonds. The lowest BCUT2D eigenvalue weighted by molar-refractivity contribution is -0.134. The van der Waals surface area contributed by atoms with Crippen molar-refractivity contribution in [3.8, 4) is 0 Å². The second kappa shape index (κ2) is 6.62. The highest BCUT2D eigenvalue weighted by Crippen LogP contribution is 2.14. The molecule has 0 aliphatic heterocycles. The second-order valence-corrected chi connectivity index (χ2v) is 6.22. The first-order valence-corrected chi connectivity index (χ1v) is 7.63. The van der Waals surface area contributed by atoms with Crippen molar-refractivity contribution in [2.45, 2.75) is 38.7 Å². The van der Waals surface area contributed by atoms with E-state index in [0.717, 1.165) is 5.56 Å². The summed E-state index contributed by atoms with van der Waals surface area (Å²) in [4.78, 5) is 22.5. The lowest BCUT2D eigenvalue weighted by atomic mass is 10.2. The molecule has 0 spiro atoms. The number of benzene rings is 1.